The number of nitrogen functional groups attached to an aromatic ring is 1. The molecular formula is C36H38ClN3O6. The highest BCUT2D eigenvalue weighted by Crippen LogP contribution is 2.37. The lowest BCUT2D eigenvalue weighted by atomic mass is 10.1. The number of halogens is 1. The lowest BCUT2D eigenvalue weighted by molar-refractivity contribution is 0.355. The van der Waals surface area contributed by atoms with Gasteiger partial charge in [-0.2, -0.15) is 0 Å². The molecule has 9 nitrogen and oxygen atoms in total. The molecule has 0 saturated carbocycles. The van der Waals surface area contributed by atoms with Gasteiger partial charge in [0.1, 0.15) is 17.2 Å². The Bertz CT molecular complexity index is 1850. The van der Waals surface area contributed by atoms with Gasteiger partial charge in [-0.1, -0.05) is 36.7 Å². The summed E-state index contributed by atoms with van der Waals surface area (Å²) >= 11 is 6.05. The maximum absolute atomic E-state index is 8.70. The van der Waals surface area contributed by atoms with Gasteiger partial charge in [-0.05, 0) is 67.6 Å². The van der Waals surface area contributed by atoms with Crippen molar-refractivity contribution in [3.8, 4) is 40.2 Å². The molecule has 0 aliphatic heterocycles. The number of aryl methyl sites for hydroxylation is 1. The van der Waals surface area contributed by atoms with Crippen molar-refractivity contribution in [2.24, 2.45) is 0 Å². The summed E-state index contributed by atoms with van der Waals surface area (Å²) in [5.74, 6) is 4.37. The number of fused-ring (bicyclic) bond motifs is 2. The smallest absolute Gasteiger partial charge is 0.162 e. The predicted molar refractivity (Wildman–Crippen MR) is 185 cm³/mol. The van der Waals surface area contributed by atoms with Crippen LogP contribution in [0.3, 0.4) is 0 Å². The maximum atomic E-state index is 8.70. The van der Waals surface area contributed by atoms with Gasteiger partial charge in [0.15, 0.2) is 23.0 Å². The first-order chi connectivity index (χ1) is 21.8. The molecule has 10 heteroatoms. The Labute approximate surface area is 274 Å². The van der Waals surface area contributed by atoms with Crippen LogP contribution >= 0.6 is 11.6 Å². The van der Waals surface area contributed by atoms with Crippen molar-refractivity contribution in [2.75, 3.05) is 34.2 Å². The van der Waals surface area contributed by atoms with Gasteiger partial charge >= 0.3 is 0 Å². The van der Waals surface area contributed by atoms with Gasteiger partial charge in [0.2, 0.25) is 0 Å². The van der Waals surface area contributed by atoms with Crippen molar-refractivity contribution in [2.45, 2.75) is 14.4 Å². The molecule has 6 aromatic rings. The number of methoxy groups -OCH3 is 4. The van der Waals surface area contributed by atoms with E-state index in [4.69, 9.17) is 46.1 Å². The van der Waals surface area contributed by atoms with Crippen LogP contribution in [0.25, 0.3) is 21.8 Å². The third-order valence-electron chi connectivity index (χ3n) is 6.54. The summed E-state index contributed by atoms with van der Waals surface area (Å²) in [6.07, 6.45) is 3.38. The number of nitrogens with zero attached hydrogens (tertiary/aromatic N) is 2. The molecular weight excluding hydrogens is 606 g/mol. The first-order valence-corrected chi connectivity index (χ1v) is 14.1. The Kier molecular flexibility index (Phi) is 12.7. The number of nitrogens with two attached hydrogens (primary N) is 1. The van der Waals surface area contributed by atoms with Crippen molar-refractivity contribution in [1.29, 1.82) is 0 Å². The second kappa shape index (κ2) is 16.6. The molecule has 0 aliphatic carbocycles. The lowest BCUT2D eigenvalue weighted by Gasteiger charge is -2.12. The Morgan fingerprint density at radius 3 is 1.61 bits per heavy atom. The zero-order chi connectivity index (χ0) is 32.3. The van der Waals surface area contributed by atoms with Crippen LogP contribution in [-0.2, 0) is 0 Å². The normalized spacial score (nSPS) is 9.96. The summed E-state index contributed by atoms with van der Waals surface area (Å²) < 4.78 is 27.0. The number of phenols is 1. The molecule has 46 heavy (non-hydrogen) atoms. The van der Waals surface area contributed by atoms with E-state index in [1.54, 1.807) is 77.2 Å². The monoisotopic (exact) mass is 643 g/mol. The molecule has 0 saturated heterocycles. The van der Waals surface area contributed by atoms with Crippen LogP contribution in [0.4, 0.5) is 5.69 Å². The average molecular weight is 644 g/mol. The van der Waals surface area contributed by atoms with Gasteiger partial charge < -0.3 is 34.5 Å². The Morgan fingerprint density at radius 1 is 0.609 bits per heavy atom. The molecule has 0 radical (unpaired) electrons. The zero-order valence-corrected chi connectivity index (χ0v) is 26.3. The van der Waals surface area contributed by atoms with Crippen LogP contribution < -0.4 is 29.4 Å². The highest BCUT2D eigenvalue weighted by molar-refractivity contribution is 6.35. The summed E-state index contributed by atoms with van der Waals surface area (Å²) in [5, 5.41) is 11.1. The summed E-state index contributed by atoms with van der Waals surface area (Å²) in [5.41, 5.74) is 8.76. The SMILES string of the molecule is C.COc1cc2nccc(Cl)c2cc1OC.COc1cc2nccc(Oc3ccc(C)cc3)c2cc1OC.Nc1ccc(O)cc1. The third-order valence-corrected chi connectivity index (χ3v) is 6.87. The van der Waals surface area contributed by atoms with Crippen LogP contribution in [0, 0.1) is 6.92 Å². The fourth-order valence-electron chi connectivity index (χ4n) is 4.18. The van der Waals surface area contributed by atoms with E-state index in [2.05, 4.69) is 9.97 Å². The molecule has 0 atom stereocenters. The topological polar surface area (TPSA) is 118 Å². The van der Waals surface area contributed by atoms with Crippen molar-refractivity contribution < 1.29 is 28.8 Å². The Hall–Kier alpha value is -5.41. The number of hydrogen-bond acceptors (Lipinski definition) is 9. The van der Waals surface area contributed by atoms with E-state index in [9.17, 15) is 0 Å². The predicted octanol–water partition coefficient (Wildman–Crippen LogP) is 8.87. The van der Waals surface area contributed by atoms with Crippen molar-refractivity contribution >= 4 is 39.1 Å². The number of benzene rings is 4. The van der Waals surface area contributed by atoms with Gasteiger partial charge in [-0.15, -0.1) is 0 Å². The first-order valence-electron chi connectivity index (χ1n) is 13.7. The number of pyridine rings is 2. The van der Waals surface area contributed by atoms with Crippen molar-refractivity contribution in [3.05, 3.63) is 108 Å². The number of aromatic hydroxyl groups is 1. The van der Waals surface area contributed by atoms with E-state index in [-0.39, 0.29) is 13.2 Å². The molecule has 0 fully saturated rings. The Morgan fingerprint density at radius 2 is 1.09 bits per heavy atom. The highest BCUT2D eigenvalue weighted by Gasteiger charge is 2.11. The standard InChI is InChI=1S/C18H17NO3.C11H10ClNO2.C6H7NO.CH4/c1-12-4-6-13(7-5-12)22-16-8-9-19-15-11-18(21-3)17(20-2)10-14(15)16;1-14-10-5-7-8(12)3-4-13-9(7)6-11(10)15-2;7-5-1-3-6(8)4-2-5;/h4-11H,1-3H3;3-6H,1-2H3;1-4,8H,7H2;1H4. The van der Waals surface area contributed by atoms with Gasteiger partial charge in [0, 0.05) is 41.0 Å². The molecule has 0 aliphatic rings. The maximum Gasteiger partial charge on any atom is 0.162 e. The molecule has 0 amide bonds. The van der Waals surface area contributed by atoms with E-state index in [1.165, 1.54) is 5.56 Å². The summed E-state index contributed by atoms with van der Waals surface area (Å²) in [4.78, 5) is 8.57. The van der Waals surface area contributed by atoms with E-state index >= 15 is 0 Å². The minimum Gasteiger partial charge on any atom is -0.508 e. The molecule has 2 aromatic heterocycles. The minimum absolute atomic E-state index is 0. The number of hydrogen-bond donors (Lipinski definition) is 2. The van der Waals surface area contributed by atoms with Crippen LogP contribution in [0.1, 0.15) is 13.0 Å². The van der Waals surface area contributed by atoms with E-state index in [0.717, 1.165) is 33.3 Å². The quantitative estimate of drug-likeness (QED) is 0.135. The molecule has 0 bridgehead atoms. The number of aromatic nitrogens is 2. The summed E-state index contributed by atoms with van der Waals surface area (Å²) in [7, 11) is 6.40. The van der Waals surface area contributed by atoms with Gasteiger partial charge in [0.05, 0.1) is 44.5 Å². The largest absolute Gasteiger partial charge is 0.508 e. The van der Waals surface area contributed by atoms with Crippen LogP contribution in [0.5, 0.6) is 40.2 Å². The van der Waals surface area contributed by atoms with E-state index in [1.807, 2.05) is 55.5 Å². The third kappa shape index (κ3) is 8.83. The number of anilines is 1. The highest BCUT2D eigenvalue weighted by atomic mass is 35.5. The first kappa shape index (κ1) is 35.1. The fourth-order valence-corrected chi connectivity index (χ4v) is 4.39. The van der Waals surface area contributed by atoms with E-state index < -0.39 is 0 Å². The van der Waals surface area contributed by atoms with Crippen LogP contribution in [0.15, 0.2) is 97.3 Å². The zero-order valence-electron chi connectivity index (χ0n) is 25.6. The van der Waals surface area contributed by atoms with E-state index in [0.29, 0.717) is 33.7 Å². The molecule has 2 heterocycles. The number of rotatable bonds is 6. The van der Waals surface area contributed by atoms with Gasteiger partial charge in [-0.25, -0.2) is 0 Å². The molecule has 6 rings (SSSR count). The molecule has 4 aromatic carbocycles. The molecule has 0 spiro atoms. The minimum atomic E-state index is 0. The molecule has 0 unspecified atom stereocenters. The van der Waals surface area contributed by atoms with Gasteiger partial charge in [-0.3, -0.25) is 9.97 Å². The van der Waals surface area contributed by atoms with Crippen molar-refractivity contribution in [1.82, 2.24) is 9.97 Å². The number of phenolic OH excluding ortho intramolecular Hbond substituents is 1. The lowest BCUT2D eigenvalue weighted by Crippen LogP contribution is -1.93. The molecule has 3 N–H and O–H groups in total. The summed E-state index contributed by atoms with van der Waals surface area (Å²) in [6.45, 7) is 2.04. The Balaban J connectivity index is 0.000000207. The van der Waals surface area contributed by atoms with Gasteiger partial charge in [0.25, 0.3) is 0 Å². The van der Waals surface area contributed by atoms with Crippen LogP contribution in [0.2, 0.25) is 5.02 Å². The van der Waals surface area contributed by atoms with Crippen LogP contribution in [-0.4, -0.2) is 43.5 Å². The summed E-state index contributed by atoms with van der Waals surface area (Å²) in [6, 6.07) is 25.3. The second-order valence-electron chi connectivity index (χ2n) is 9.56. The van der Waals surface area contributed by atoms with Crippen molar-refractivity contribution in [3.63, 3.8) is 0 Å². The number of ether oxygens (including phenoxy) is 5. The fraction of sp³-hybridized carbons (Fsp3) is 0.167. The second-order valence-corrected chi connectivity index (χ2v) is 9.96. The average Bonchev–Trinajstić information content (AvgIpc) is 3.06. The molecule has 240 valence electrons.